The highest BCUT2D eigenvalue weighted by molar-refractivity contribution is 7.03. The number of ether oxygens (including phenoxy) is 1. The zero-order valence-electron chi connectivity index (χ0n) is 13.8. The van der Waals surface area contributed by atoms with Gasteiger partial charge in [-0.15, -0.1) is 0 Å². The molecule has 0 bridgehead atoms. The van der Waals surface area contributed by atoms with Crippen LogP contribution < -0.4 is 10.1 Å². The third-order valence-electron chi connectivity index (χ3n) is 4.58. The Hall–Kier alpha value is -2.05. The van der Waals surface area contributed by atoms with E-state index in [4.69, 9.17) is 16.3 Å². The SMILES string of the molecule is CC1(C(=O)NCc2cc3cc(Cl)c(OCc4ccsn4)cc3[nH]2)CC1. The lowest BCUT2D eigenvalue weighted by molar-refractivity contribution is -0.125. The van der Waals surface area contributed by atoms with E-state index in [-0.39, 0.29) is 11.3 Å². The predicted molar refractivity (Wildman–Crippen MR) is 98.9 cm³/mol. The van der Waals surface area contributed by atoms with Gasteiger partial charge in [-0.1, -0.05) is 18.5 Å². The van der Waals surface area contributed by atoms with Crippen molar-refractivity contribution in [2.24, 2.45) is 5.41 Å². The Bertz CT molecular complexity index is 916. The molecule has 0 unspecified atom stereocenters. The van der Waals surface area contributed by atoms with Crippen molar-refractivity contribution < 1.29 is 9.53 Å². The fourth-order valence-corrected chi connectivity index (χ4v) is 3.42. The van der Waals surface area contributed by atoms with Crippen LogP contribution in [0.2, 0.25) is 5.02 Å². The molecule has 1 aromatic carbocycles. The van der Waals surface area contributed by atoms with Gasteiger partial charge in [0.25, 0.3) is 0 Å². The largest absolute Gasteiger partial charge is 0.486 e. The smallest absolute Gasteiger partial charge is 0.226 e. The Labute approximate surface area is 154 Å². The molecule has 1 fully saturated rings. The Morgan fingerprint density at radius 3 is 3.00 bits per heavy atom. The van der Waals surface area contributed by atoms with Crippen molar-refractivity contribution in [1.29, 1.82) is 0 Å². The van der Waals surface area contributed by atoms with Crippen molar-refractivity contribution in [2.45, 2.75) is 32.9 Å². The van der Waals surface area contributed by atoms with E-state index < -0.39 is 0 Å². The summed E-state index contributed by atoms with van der Waals surface area (Å²) >= 11 is 7.72. The first-order chi connectivity index (χ1) is 12.0. The van der Waals surface area contributed by atoms with Crippen LogP contribution in [-0.4, -0.2) is 15.3 Å². The normalized spacial score (nSPS) is 15.3. The maximum absolute atomic E-state index is 12.1. The molecule has 0 aliphatic heterocycles. The number of carbonyl (C=O) groups excluding carboxylic acids is 1. The van der Waals surface area contributed by atoms with Gasteiger partial charge in [-0.25, -0.2) is 0 Å². The highest BCUT2D eigenvalue weighted by atomic mass is 35.5. The molecule has 1 saturated carbocycles. The molecule has 0 spiro atoms. The van der Waals surface area contributed by atoms with E-state index in [0.717, 1.165) is 35.1 Å². The molecule has 2 N–H and O–H groups in total. The summed E-state index contributed by atoms with van der Waals surface area (Å²) in [5.41, 5.74) is 2.59. The van der Waals surface area contributed by atoms with Gasteiger partial charge < -0.3 is 15.0 Å². The first-order valence-corrected chi connectivity index (χ1v) is 9.36. The molecule has 5 nitrogen and oxygen atoms in total. The number of hydrogen-bond donors (Lipinski definition) is 2. The minimum atomic E-state index is -0.161. The number of H-pyrrole nitrogens is 1. The maximum Gasteiger partial charge on any atom is 0.226 e. The molecule has 25 heavy (non-hydrogen) atoms. The number of nitrogens with zero attached hydrogens (tertiary/aromatic N) is 1. The summed E-state index contributed by atoms with van der Waals surface area (Å²) in [6, 6.07) is 7.68. The Morgan fingerprint density at radius 2 is 2.28 bits per heavy atom. The summed E-state index contributed by atoms with van der Waals surface area (Å²) in [4.78, 5) is 15.4. The second-order valence-electron chi connectivity index (χ2n) is 6.69. The highest BCUT2D eigenvalue weighted by Gasteiger charge is 2.44. The van der Waals surface area contributed by atoms with Crippen molar-refractivity contribution in [2.75, 3.05) is 0 Å². The van der Waals surface area contributed by atoms with Gasteiger partial charge in [0.15, 0.2) is 0 Å². The van der Waals surface area contributed by atoms with Crippen LogP contribution in [0.4, 0.5) is 0 Å². The van der Waals surface area contributed by atoms with Gasteiger partial charge in [-0.3, -0.25) is 4.79 Å². The topological polar surface area (TPSA) is 67.0 Å². The van der Waals surface area contributed by atoms with Crippen molar-refractivity contribution in [3.05, 3.63) is 46.1 Å². The van der Waals surface area contributed by atoms with E-state index in [1.807, 2.05) is 36.6 Å². The molecule has 0 atom stereocenters. The number of fused-ring (bicyclic) bond motifs is 1. The van der Waals surface area contributed by atoms with E-state index >= 15 is 0 Å². The van der Waals surface area contributed by atoms with Gasteiger partial charge in [-0.05, 0) is 42.6 Å². The van der Waals surface area contributed by atoms with Crippen LogP contribution in [0.5, 0.6) is 5.75 Å². The van der Waals surface area contributed by atoms with Crippen LogP contribution in [0.1, 0.15) is 31.2 Å². The molecule has 130 valence electrons. The average molecular weight is 376 g/mol. The Morgan fingerprint density at radius 1 is 1.44 bits per heavy atom. The van der Waals surface area contributed by atoms with Crippen LogP contribution in [-0.2, 0) is 17.9 Å². The first kappa shape index (κ1) is 16.4. The van der Waals surface area contributed by atoms with Crippen LogP contribution in [0, 0.1) is 5.41 Å². The Balaban J connectivity index is 1.47. The lowest BCUT2D eigenvalue weighted by Crippen LogP contribution is -2.29. The van der Waals surface area contributed by atoms with E-state index in [1.165, 1.54) is 11.5 Å². The van der Waals surface area contributed by atoms with E-state index in [9.17, 15) is 4.79 Å². The van der Waals surface area contributed by atoms with E-state index in [1.54, 1.807) is 0 Å². The minimum absolute atomic E-state index is 0.122. The zero-order valence-corrected chi connectivity index (χ0v) is 15.3. The van der Waals surface area contributed by atoms with Gasteiger partial charge in [0, 0.05) is 33.5 Å². The summed E-state index contributed by atoms with van der Waals surface area (Å²) in [6.07, 6.45) is 1.95. The lowest BCUT2D eigenvalue weighted by Gasteiger charge is -2.08. The minimum Gasteiger partial charge on any atom is -0.486 e. The van der Waals surface area contributed by atoms with Gasteiger partial charge >= 0.3 is 0 Å². The molecule has 7 heteroatoms. The standard InChI is InChI=1S/C18H18ClN3O2S/c1-18(3-4-18)17(23)20-9-13-6-11-7-14(19)16(8-15(11)21-13)24-10-12-2-5-25-22-12/h2,5-8,21H,3-4,9-10H2,1H3,(H,20,23). The van der Waals surface area contributed by atoms with Crippen LogP contribution >= 0.6 is 23.1 Å². The highest BCUT2D eigenvalue weighted by Crippen LogP contribution is 2.45. The number of benzene rings is 1. The number of aromatic nitrogens is 2. The van der Waals surface area contributed by atoms with E-state index in [2.05, 4.69) is 14.7 Å². The van der Waals surface area contributed by atoms with Gasteiger partial charge in [0.05, 0.1) is 17.3 Å². The molecule has 1 aliphatic rings. The molecule has 3 aromatic rings. The quantitative estimate of drug-likeness (QED) is 0.676. The number of nitrogens with one attached hydrogen (secondary N) is 2. The van der Waals surface area contributed by atoms with Crippen molar-refractivity contribution >= 4 is 39.9 Å². The number of rotatable bonds is 6. The van der Waals surface area contributed by atoms with Gasteiger partial charge in [-0.2, -0.15) is 4.37 Å². The fraction of sp³-hybridized carbons (Fsp3) is 0.333. The molecule has 4 rings (SSSR count). The first-order valence-electron chi connectivity index (χ1n) is 8.15. The molecule has 0 saturated heterocycles. The van der Waals surface area contributed by atoms with Crippen LogP contribution in [0.15, 0.2) is 29.6 Å². The third-order valence-corrected chi connectivity index (χ3v) is 5.48. The van der Waals surface area contributed by atoms with Crippen molar-refractivity contribution in [3.63, 3.8) is 0 Å². The number of carbonyl (C=O) groups is 1. The monoisotopic (exact) mass is 375 g/mol. The molecular weight excluding hydrogens is 358 g/mol. The summed E-state index contributed by atoms with van der Waals surface area (Å²) in [6.45, 7) is 2.87. The lowest BCUT2D eigenvalue weighted by atomic mass is 10.1. The second-order valence-corrected chi connectivity index (χ2v) is 7.76. The summed E-state index contributed by atoms with van der Waals surface area (Å²) in [5.74, 6) is 0.738. The van der Waals surface area contributed by atoms with Crippen LogP contribution in [0.3, 0.4) is 0 Å². The van der Waals surface area contributed by atoms with Crippen LogP contribution in [0.25, 0.3) is 10.9 Å². The molecule has 1 amide bonds. The Kier molecular flexibility index (Phi) is 4.17. The van der Waals surface area contributed by atoms with E-state index in [0.29, 0.717) is 23.9 Å². The predicted octanol–water partition coefficient (Wildman–Crippen LogP) is 4.27. The summed E-state index contributed by atoms with van der Waals surface area (Å²) < 4.78 is 9.99. The zero-order chi connectivity index (χ0) is 17.4. The number of hydrogen-bond acceptors (Lipinski definition) is 4. The van der Waals surface area contributed by atoms with Crippen molar-refractivity contribution in [1.82, 2.24) is 14.7 Å². The van der Waals surface area contributed by atoms with Crippen molar-refractivity contribution in [3.8, 4) is 5.75 Å². The van der Waals surface area contributed by atoms with Gasteiger partial charge in [0.2, 0.25) is 5.91 Å². The summed E-state index contributed by atoms with van der Waals surface area (Å²) in [5, 5.41) is 6.46. The summed E-state index contributed by atoms with van der Waals surface area (Å²) in [7, 11) is 0. The molecule has 0 radical (unpaired) electrons. The average Bonchev–Trinajstić information content (AvgIpc) is 3.01. The number of aromatic amines is 1. The third kappa shape index (κ3) is 3.50. The molecule has 2 heterocycles. The number of halogens is 1. The number of amides is 1. The molecular formula is C18H18ClN3O2S. The second kappa shape index (κ2) is 6.35. The maximum atomic E-state index is 12.1. The van der Waals surface area contributed by atoms with Gasteiger partial charge in [0.1, 0.15) is 12.4 Å². The molecule has 1 aliphatic carbocycles. The fourth-order valence-electron chi connectivity index (χ4n) is 2.67. The molecule has 2 aromatic heterocycles.